The van der Waals surface area contributed by atoms with Crippen molar-refractivity contribution in [2.45, 2.75) is 0 Å². The standard InChI is InChI=1S/C20H16O2/c1-2-21-12-13-22-18-11-9-16-7-6-14-4-3-5-15-8-10-17(18)20(16)19(14)15/h2-11H,1,12-13H2. The molecule has 0 radical (unpaired) electrons. The van der Waals surface area contributed by atoms with Gasteiger partial charge in [-0.25, -0.2) is 0 Å². The molecule has 2 heteroatoms. The topological polar surface area (TPSA) is 18.5 Å². The molecule has 0 amide bonds. The van der Waals surface area contributed by atoms with Crippen molar-refractivity contribution in [2.24, 2.45) is 0 Å². The second-order valence-corrected chi connectivity index (χ2v) is 5.31. The third-order valence-electron chi connectivity index (χ3n) is 4.07. The highest BCUT2D eigenvalue weighted by molar-refractivity contribution is 6.24. The van der Waals surface area contributed by atoms with E-state index in [0.717, 1.165) is 11.1 Å². The average Bonchev–Trinajstić information content (AvgIpc) is 2.57. The lowest BCUT2D eigenvalue weighted by Crippen LogP contribution is -2.04. The van der Waals surface area contributed by atoms with Crippen molar-refractivity contribution in [3.05, 3.63) is 67.4 Å². The van der Waals surface area contributed by atoms with E-state index in [1.165, 1.54) is 33.2 Å². The first-order valence-electron chi connectivity index (χ1n) is 7.40. The molecule has 22 heavy (non-hydrogen) atoms. The molecule has 0 N–H and O–H groups in total. The minimum absolute atomic E-state index is 0.505. The Hall–Kier alpha value is -2.74. The van der Waals surface area contributed by atoms with E-state index >= 15 is 0 Å². The van der Waals surface area contributed by atoms with Gasteiger partial charge in [-0.2, -0.15) is 0 Å². The van der Waals surface area contributed by atoms with Crippen molar-refractivity contribution in [3.63, 3.8) is 0 Å². The fraction of sp³-hybridized carbons (Fsp3) is 0.100. The summed E-state index contributed by atoms with van der Waals surface area (Å²) in [5, 5.41) is 7.52. The van der Waals surface area contributed by atoms with E-state index < -0.39 is 0 Å². The summed E-state index contributed by atoms with van der Waals surface area (Å²) in [6.45, 7) is 4.55. The summed E-state index contributed by atoms with van der Waals surface area (Å²) < 4.78 is 11.0. The minimum atomic E-state index is 0.505. The molecule has 0 aliphatic heterocycles. The molecule has 0 aliphatic carbocycles. The van der Waals surface area contributed by atoms with Crippen molar-refractivity contribution in [2.75, 3.05) is 13.2 Å². The second kappa shape index (κ2) is 5.23. The largest absolute Gasteiger partial charge is 0.498 e. The van der Waals surface area contributed by atoms with Crippen LogP contribution in [0, 0.1) is 0 Å². The normalized spacial score (nSPS) is 11.3. The van der Waals surface area contributed by atoms with Gasteiger partial charge in [0.25, 0.3) is 0 Å². The van der Waals surface area contributed by atoms with Crippen LogP contribution in [0.1, 0.15) is 0 Å². The molecular weight excluding hydrogens is 272 g/mol. The molecule has 0 saturated heterocycles. The van der Waals surface area contributed by atoms with Crippen LogP contribution in [-0.2, 0) is 4.74 Å². The van der Waals surface area contributed by atoms with Gasteiger partial charge in [0, 0.05) is 10.8 Å². The highest BCUT2D eigenvalue weighted by Gasteiger charge is 2.11. The van der Waals surface area contributed by atoms with E-state index in [9.17, 15) is 0 Å². The zero-order valence-corrected chi connectivity index (χ0v) is 12.2. The monoisotopic (exact) mass is 288 g/mol. The number of rotatable bonds is 5. The maximum absolute atomic E-state index is 5.89. The van der Waals surface area contributed by atoms with Gasteiger partial charge in [0.15, 0.2) is 0 Å². The van der Waals surface area contributed by atoms with Crippen LogP contribution in [0.2, 0.25) is 0 Å². The summed E-state index contributed by atoms with van der Waals surface area (Å²) in [6.07, 6.45) is 1.44. The van der Waals surface area contributed by atoms with Crippen LogP contribution >= 0.6 is 0 Å². The average molecular weight is 288 g/mol. The van der Waals surface area contributed by atoms with Gasteiger partial charge in [-0.15, -0.1) is 0 Å². The summed E-state index contributed by atoms with van der Waals surface area (Å²) in [7, 11) is 0. The quantitative estimate of drug-likeness (QED) is 0.288. The summed E-state index contributed by atoms with van der Waals surface area (Å²) in [6, 6.07) is 19.3. The minimum Gasteiger partial charge on any atom is -0.498 e. The molecule has 0 atom stereocenters. The first kappa shape index (κ1) is 13.0. The lowest BCUT2D eigenvalue weighted by Gasteiger charge is -2.14. The van der Waals surface area contributed by atoms with Gasteiger partial charge < -0.3 is 9.47 Å². The lowest BCUT2D eigenvalue weighted by molar-refractivity contribution is 0.181. The summed E-state index contributed by atoms with van der Waals surface area (Å²) in [4.78, 5) is 0. The Kier molecular flexibility index (Phi) is 3.08. The predicted molar refractivity (Wildman–Crippen MR) is 91.8 cm³/mol. The highest BCUT2D eigenvalue weighted by atomic mass is 16.5. The van der Waals surface area contributed by atoms with Crippen LogP contribution in [-0.4, -0.2) is 13.2 Å². The lowest BCUT2D eigenvalue weighted by atomic mass is 9.94. The molecule has 0 unspecified atom stereocenters. The van der Waals surface area contributed by atoms with Crippen LogP contribution in [0.3, 0.4) is 0 Å². The SMILES string of the molecule is C=COCCOc1ccc2ccc3cccc4ccc1c2c34. The van der Waals surface area contributed by atoms with Crippen LogP contribution < -0.4 is 4.74 Å². The predicted octanol–water partition coefficient (Wildman–Crippen LogP) is 5.12. The molecule has 4 aromatic carbocycles. The van der Waals surface area contributed by atoms with Gasteiger partial charge in [-0.1, -0.05) is 49.0 Å². The Morgan fingerprint density at radius 3 is 2.23 bits per heavy atom. The van der Waals surface area contributed by atoms with Crippen molar-refractivity contribution in [1.82, 2.24) is 0 Å². The van der Waals surface area contributed by atoms with Crippen LogP contribution in [0.25, 0.3) is 32.3 Å². The van der Waals surface area contributed by atoms with Crippen LogP contribution in [0.5, 0.6) is 5.75 Å². The third-order valence-corrected chi connectivity index (χ3v) is 4.07. The van der Waals surface area contributed by atoms with E-state index in [0.29, 0.717) is 13.2 Å². The molecule has 108 valence electrons. The molecule has 4 rings (SSSR count). The first-order valence-corrected chi connectivity index (χ1v) is 7.40. The molecule has 0 bridgehead atoms. The maximum Gasteiger partial charge on any atom is 0.127 e. The van der Waals surface area contributed by atoms with E-state index in [1.807, 2.05) is 6.07 Å². The number of ether oxygens (including phenoxy) is 2. The molecule has 0 heterocycles. The Morgan fingerprint density at radius 1 is 0.773 bits per heavy atom. The molecule has 4 aromatic rings. The zero-order chi connectivity index (χ0) is 14.9. The van der Waals surface area contributed by atoms with Gasteiger partial charge in [0.2, 0.25) is 0 Å². The summed E-state index contributed by atoms with van der Waals surface area (Å²) in [5.41, 5.74) is 0. The fourth-order valence-electron chi connectivity index (χ4n) is 3.12. The van der Waals surface area contributed by atoms with Crippen molar-refractivity contribution in [1.29, 1.82) is 0 Å². The number of hydrogen-bond donors (Lipinski definition) is 0. The van der Waals surface area contributed by atoms with E-state index in [-0.39, 0.29) is 0 Å². The van der Waals surface area contributed by atoms with Gasteiger partial charge in [-0.3, -0.25) is 0 Å². The smallest absolute Gasteiger partial charge is 0.127 e. The van der Waals surface area contributed by atoms with Crippen molar-refractivity contribution in [3.8, 4) is 5.75 Å². The van der Waals surface area contributed by atoms with Gasteiger partial charge in [0.1, 0.15) is 19.0 Å². The molecule has 0 saturated carbocycles. The molecule has 0 aliphatic rings. The molecule has 0 aromatic heterocycles. The number of hydrogen-bond acceptors (Lipinski definition) is 2. The Labute approximate surface area is 128 Å². The third kappa shape index (κ3) is 1.96. The van der Waals surface area contributed by atoms with E-state index in [1.54, 1.807) is 0 Å². The Morgan fingerprint density at radius 2 is 1.45 bits per heavy atom. The molecule has 0 fully saturated rings. The first-order chi connectivity index (χ1) is 10.9. The van der Waals surface area contributed by atoms with Crippen LogP contribution in [0.15, 0.2) is 67.4 Å². The summed E-state index contributed by atoms with van der Waals surface area (Å²) in [5.74, 6) is 0.901. The Balaban J connectivity index is 1.90. The van der Waals surface area contributed by atoms with E-state index in [2.05, 4.69) is 55.1 Å². The van der Waals surface area contributed by atoms with Crippen molar-refractivity contribution >= 4 is 32.3 Å². The maximum atomic E-state index is 5.89. The van der Waals surface area contributed by atoms with Gasteiger partial charge >= 0.3 is 0 Å². The highest BCUT2D eigenvalue weighted by Crippen LogP contribution is 2.38. The van der Waals surface area contributed by atoms with Crippen molar-refractivity contribution < 1.29 is 9.47 Å². The fourth-order valence-corrected chi connectivity index (χ4v) is 3.12. The molecule has 2 nitrogen and oxygen atoms in total. The number of benzene rings is 4. The summed E-state index contributed by atoms with van der Waals surface area (Å²) >= 11 is 0. The second-order valence-electron chi connectivity index (χ2n) is 5.31. The molecular formula is C20H16O2. The van der Waals surface area contributed by atoms with Crippen LogP contribution in [0.4, 0.5) is 0 Å². The van der Waals surface area contributed by atoms with Gasteiger partial charge in [0.05, 0.1) is 6.26 Å². The zero-order valence-electron chi connectivity index (χ0n) is 12.2. The Bertz CT molecular complexity index is 940. The van der Waals surface area contributed by atoms with Gasteiger partial charge in [-0.05, 0) is 33.7 Å². The van der Waals surface area contributed by atoms with E-state index in [4.69, 9.17) is 9.47 Å². The molecule has 0 spiro atoms.